The largest absolute Gasteiger partial charge is 0.493 e. The zero-order chi connectivity index (χ0) is 27.1. The molecule has 11 heteroatoms. The van der Waals surface area contributed by atoms with Gasteiger partial charge in [0.15, 0.2) is 34.5 Å². The Morgan fingerprint density at radius 1 is 0.763 bits per heavy atom. The van der Waals surface area contributed by atoms with Gasteiger partial charge in [0, 0.05) is 5.56 Å². The van der Waals surface area contributed by atoms with Crippen molar-refractivity contribution in [3.05, 3.63) is 65.2 Å². The van der Waals surface area contributed by atoms with Crippen molar-refractivity contribution < 1.29 is 42.7 Å². The molecule has 0 spiro atoms. The third-order valence-electron chi connectivity index (χ3n) is 5.47. The molecule has 11 nitrogen and oxygen atoms in total. The van der Waals surface area contributed by atoms with E-state index < -0.39 is 11.9 Å². The van der Waals surface area contributed by atoms with Crippen LogP contribution in [0.2, 0.25) is 0 Å². The van der Waals surface area contributed by atoms with Crippen LogP contribution in [0.1, 0.15) is 26.3 Å². The van der Waals surface area contributed by atoms with Crippen molar-refractivity contribution in [1.29, 1.82) is 0 Å². The van der Waals surface area contributed by atoms with E-state index in [9.17, 15) is 9.59 Å². The molecule has 1 amide bonds. The van der Waals surface area contributed by atoms with Gasteiger partial charge >= 0.3 is 5.97 Å². The maximum atomic E-state index is 12.9. The first-order chi connectivity index (χ1) is 18.5. The van der Waals surface area contributed by atoms with E-state index in [2.05, 4.69) is 10.5 Å². The van der Waals surface area contributed by atoms with E-state index in [1.165, 1.54) is 46.8 Å². The zero-order valence-corrected chi connectivity index (χ0v) is 21.2. The molecule has 0 unspecified atom stereocenters. The monoisotopic (exact) mass is 522 g/mol. The number of hydrogen-bond donors (Lipinski definition) is 1. The van der Waals surface area contributed by atoms with Crippen LogP contribution in [0.4, 0.5) is 0 Å². The fraction of sp³-hybridized carbons (Fsp3) is 0.222. The van der Waals surface area contributed by atoms with Crippen LogP contribution in [-0.2, 0) is 0 Å². The number of carbonyl (C=O) groups excluding carboxylic acids is 2. The number of nitrogens with one attached hydrogen (secondary N) is 1. The molecule has 4 rings (SSSR count). The molecule has 0 saturated carbocycles. The van der Waals surface area contributed by atoms with Gasteiger partial charge in [0.1, 0.15) is 13.2 Å². The highest BCUT2D eigenvalue weighted by Gasteiger charge is 2.20. The van der Waals surface area contributed by atoms with Crippen molar-refractivity contribution in [2.24, 2.45) is 5.10 Å². The van der Waals surface area contributed by atoms with Gasteiger partial charge in [-0.05, 0) is 54.1 Å². The molecular weight excluding hydrogens is 496 g/mol. The molecule has 0 atom stereocenters. The summed E-state index contributed by atoms with van der Waals surface area (Å²) in [6.45, 7) is 0.890. The van der Waals surface area contributed by atoms with Crippen LogP contribution in [0.15, 0.2) is 53.6 Å². The minimum atomic E-state index is -0.657. The van der Waals surface area contributed by atoms with Crippen LogP contribution < -0.4 is 38.6 Å². The Balaban J connectivity index is 1.44. The van der Waals surface area contributed by atoms with E-state index in [-0.39, 0.29) is 17.1 Å². The Labute approximate surface area is 218 Å². The number of benzene rings is 3. The lowest BCUT2D eigenvalue weighted by Gasteiger charge is -2.18. The van der Waals surface area contributed by atoms with Crippen LogP contribution in [0, 0.1) is 0 Å². The number of esters is 1. The molecular formula is C27H26N2O9. The molecule has 0 saturated heterocycles. The van der Waals surface area contributed by atoms with Gasteiger partial charge in [-0.1, -0.05) is 0 Å². The summed E-state index contributed by atoms with van der Waals surface area (Å²) >= 11 is 0. The molecule has 1 heterocycles. The van der Waals surface area contributed by atoms with E-state index in [1.54, 1.807) is 36.4 Å². The van der Waals surface area contributed by atoms with Crippen molar-refractivity contribution in [2.75, 3.05) is 41.7 Å². The summed E-state index contributed by atoms with van der Waals surface area (Å²) in [7, 11) is 5.82. The summed E-state index contributed by atoms with van der Waals surface area (Å²) in [5.41, 5.74) is 3.62. The maximum Gasteiger partial charge on any atom is 0.343 e. The maximum absolute atomic E-state index is 12.9. The van der Waals surface area contributed by atoms with Crippen molar-refractivity contribution >= 4 is 18.1 Å². The van der Waals surface area contributed by atoms with Gasteiger partial charge in [-0.2, -0.15) is 5.10 Å². The quantitative estimate of drug-likeness (QED) is 0.195. The first-order valence-electron chi connectivity index (χ1n) is 11.4. The highest BCUT2D eigenvalue weighted by atomic mass is 16.6. The van der Waals surface area contributed by atoms with Crippen LogP contribution >= 0.6 is 0 Å². The van der Waals surface area contributed by atoms with Crippen LogP contribution in [-0.4, -0.2) is 59.7 Å². The molecule has 0 aliphatic carbocycles. The van der Waals surface area contributed by atoms with Crippen molar-refractivity contribution in [3.8, 4) is 40.2 Å². The Morgan fingerprint density at radius 3 is 2.11 bits per heavy atom. The minimum Gasteiger partial charge on any atom is -0.493 e. The van der Waals surface area contributed by atoms with Crippen LogP contribution in [0.3, 0.4) is 0 Å². The predicted octanol–water partition coefficient (Wildman–Crippen LogP) is 3.48. The normalized spacial score (nSPS) is 12.0. The lowest BCUT2D eigenvalue weighted by Crippen LogP contribution is -2.19. The molecule has 1 N–H and O–H groups in total. The molecule has 0 fully saturated rings. The molecule has 0 bridgehead atoms. The Kier molecular flexibility index (Phi) is 8.17. The number of carbonyl (C=O) groups is 2. The average Bonchev–Trinajstić information content (AvgIpc) is 2.96. The highest BCUT2D eigenvalue weighted by Crippen LogP contribution is 2.39. The van der Waals surface area contributed by atoms with Gasteiger partial charge in [0.25, 0.3) is 5.91 Å². The summed E-state index contributed by atoms with van der Waals surface area (Å²) in [6.07, 6.45) is 1.43. The SMILES string of the molecule is COc1cc(/C=N/NC(=O)c2ccc3c(c2)OCCO3)ccc1OC(=O)c1cc(OC)c(OC)c(OC)c1. The molecule has 0 aromatic heterocycles. The third kappa shape index (κ3) is 5.72. The Morgan fingerprint density at radius 2 is 1.45 bits per heavy atom. The van der Waals surface area contributed by atoms with Crippen LogP contribution in [0.25, 0.3) is 0 Å². The number of hydrazone groups is 1. The van der Waals surface area contributed by atoms with Gasteiger partial charge in [-0.25, -0.2) is 10.2 Å². The molecule has 3 aromatic carbocycles. The first-order valence-corrected chi connectivity index (χ1v) is 11.4. The lowest BCUT2D eigenvalue weighted by molar-refractivity contribution is 0.0728. The van der Waals surface area contributed by atoms with Gasteiger partial charge in [-0.3, -0.25) is 4.79 Å². The summed E-state index contributed by atoms with van der Waals surface area (Å²) in [6, 6.07) is 12.7. The second-order valence-corrected chi connectivity index (χ2v) is 7.77. The number of rotatable bonds is 9. The number of ether oxygens (including phenoxy) is 7. The fourth-order valence-corrected chi connectivity index (χ4v) is 3.62. The van der Waals surface area contributed by atoms with Crippen molar-refractivity contribution in [3.63, 3.8) is 0 Å². The smallest absolute Gasteiger partial charge is 0.343 e. The number of fused-ring (bicyclic) bond motifs is 1. The minimum absolute atomic E-state index is 0.184. The van der Waals surface area contributed by atoms with E-state index >= 15 is 0 Å². The predicted molar refractivity (Wildman–Crippen MR) is 137 cm³/mol. The molecule has 198 valence electrons. The molecule has 1 aliphatic heterocycles. The lowest BCUT2D eigenvalue weighted by atomic mass is 10.1. The number of methoxy groups -OCH3 is 4. The van der Waals surface area contributed by atoms with E-state index in [4.69, 9.17) is 33.2 Å². The van der Waals surface area contributed by atoms with Gasteiger partial charge in [0.05, 0.1) is 40.2 Å². The second kappa shape index (κ2) is 11.9. The summed E-state index contributed by atoms with van der Waals surface area (Å²) in [5, 5.41) is 4.00. The number of amides is 1. The van der Waals surface area contributed by atoms with Crippen LogP contribution in [0.5, 0.6) is 40.2 Å². The standard InChI is InChI=1S/C27H26N2O9/c1-32-21-11-16(15-28-29-26(30)17-6-8-19-22(12-17)37-10-9-36-19)5-7-20(21)38-27(31)18-13-23(33-2)25(35-4)24(14-18)34-3/h5-8,11-15H,9-10H2,1-4H3,(H,29,30)/b28-15+. The average molecular weight is 523 g/mol. The summed E-state index contributed by atoms with van der Waals surface area (Å²) in [4.78, 5) is 25.3. The molecule has 3 aromatic rings. The molecule has 38 heavy (non-hydrogen) atoms. The number of hydrogen-bond acceptors (Lipinski definition) is 10. The summed E-state index contributed by atoms with van der Waals surface area (Å²) in [5.74, 6) is 1.48. The second-order valence-electron chi connectivity index (χ2n) is 7.77. The number of nitrogens with zero attached hydrogens (tertiary/aromatic N) is 1. The summed E-state index contributed by atoms with van der Waals surface area (Å²) < 4.78 is 37.8. The molecule has 1 aliphatic rings. The van der Waals surface area contributed by atoms with Crippen molar-refractivity contribution in [1.82, 2.24) is 5.43 Å². The van der Waals surface area contributed by atoms with Gasteiger partial charge in [0.2, 0.25) is 5.75 Å². The highest BCUT2D eigenvalue weighted by molar-refractivity contribution is 5.96. The Hall–Kier alpha value is -4.93. The van der Waals surface area contributed by atoms with E-state index in [0.717, 1.165) is 0 Å². The van der Waals surface area contributed by atoms with Gasteiger partial charge in [-0.15, -0.1) is 0 Å². The topological polar surface area (TPSA) is 123 Å². The first kappa shape index (κ1) is 26.1. The fourth-order valence-electron chi connectivity index (χ4n) is 3.62. The Bertz CT molecular complexity index is 1350. The molecule has 0 radical (unpaired) electrons. The zero-order valence-electron chi connectivity index (χ0n) is 21.2. The van der Waals surface area contributed by atoms with Gasteiger partial charge < -0.3 is 33.2 Å². The van der Waals surface area contributed by atoms with Crippen molar-refractivity contribution in [2.45, 2.75) is 0 Å². The van der Waals surface area contributed by atoms with E-state index in [1.807, 2.05) is 0 Å². The van der Waals surface area contributed by atoms with E-state index in [0.29, 0.717) is 53.1 Å². The third-order valence-corrected chi connectivity index (χ3v) is 5.47.